The SMILES string of the molecule is CCCCCCCCCCCCCC[C@@H](O)C(=O)N[C@@H](CO)[C@H](O)C=C[C@H](O)CCCCCCCCCCCC. The summed E-state index contributed by atoms with van der Waals surface area (Å²) < 4.78 is 0. The number of aliphatic hydroxyl groups is 4. The quantitative estimate of drug-likeness (QED) is 0.0454. The predicted molar refractivity (Wildman–Crippen MR) is 168 cm³/mol. The highest BCUT2D eigenvalue weighted by atomic mass is 16.3. The molecule has 0 saturated carbocycles. The zero-order valence-corrected chi connectivity index (χ0v) is 26.3. The van der Waals surface area contributed by atoms with Gasteiger partial charge in [0.1, 0.15) is 6.10 Å². The van der Waals surface area contributed by atoms with Crippen LogP contribution in [0.15, 0.2) is 12.2 Å². The average molecular weight is 570 g/mol. The smallest absolute Gasteiger partial charge is 0.249 e. The summed E-state index contributed by atoms with van der Waals surface area (Å²) in [5.74, 6) is -0.569. The minimum Gasteiger partial charge on any atom is -0.394 e. The van der Waals surface area contributed by atoms with Crippen molar-refractivity contribution < 1.29 is 25.2 Å². The van der Waals surface area contributed by atoms with Crippen LogP contribution in [0.4, 0.5) is 0 Å². The Morgan fingerprint density at radius 2 is 0.950 bits per heavy atom. The summed E-state index contributed by atoms with van der Waals surface area (Å²) in [4.78, 5) is 12.3. The molecule has 40 heavy (non-hydrogen) atoms. The number of carbonyl (C=O) groups excluding carboxylic acids is 1. The first-order valence-corrected chi connectivity index (χ1v) is 17.1. The van der Waals surface area contributed by atoms with E-state index in [0.29, 0.717) is 12.8 Å². The fourth-order valence-electron chi connectivity index (χ4n) is 5.14. The maximum atomic E-state index is 12.3. The molecule has 6 nitrogen and oxygen atoms in total. The first-order valence-electron chi connectivity index (χ1n) is 17.1. The molecule has 0 bridgehead atoms. The normalized spacial score (nSPS) is 14.8. The molecular weight excluding hydrogens is 502 g/mol. The van der Waals surface area contributed by atoms with E-state index in [1.165, 1.54) is 121 Å². The summed E-state index contributed by atoms with van der Waals surface area (Å²) >= 11 is 0. The Morgan fingerprint density at radius 3 is 1.35 bits per heavy atom. The molecule has 0 spiro atoms. The highest BCUT2D eigenvalue weighted by molar-refractivity contribution is 5.80. The Hall–Kier alpha value is -0.950. The van der Waals surface area contributed by atoms with Gasteiger partial charge in [0, 0.05) is 0 Å². The molecule has 5 N–H and O–H groups in total. The third-order valence-electron chi connectivity index (χ3n) is 7.95. The van der Waals surface area contributed by atoms with Gasteiger partial charge in [-0.2, -0.15) is 0 Å². The third-order valence-corrected chi connectivity index (χ3v) is 7.95. The van der Waals surface area contributed by atoms with Gasteiger partial charge in [0.2, 0.25) is 5.91 Å². The maximum Gasteiger partial charge on any atom is 0.249 e. The third kappa shape index (κ3) is 24.8. The molecule has 0 aliphatic heterocycles. The number of rotatable bonds is 30. The minimum atomic E-state index is -1.14. The molecule has 0 aromatic carbocycles. The van der Waals surface area contributed by atoms with Crippen LogP contribution in [0.25, 0.3) is 0 Å². The monoisotopic (exact) mass is 570 g/mol. The van der Waals surface area contributed by atoms with Crippen molar-refractivity contribution in [1.82, 2.24) is 5.32 Å². The van der Waals surface area contributed by atoms with Gasteiger partial charge < -0.3 is 25.7 Å². The van der Waals surface area contributed by atoms with Crippen LogP contribution in [-0.2, 0) is 4.79 Å². The Labute approximate surface area is 247 Å². The maximum absolute atomic E-state index is 12.3. The van der Waals surface area contributed by atoms with Crippen LogP contribution in [0.5, 0.6) is 0 Å². The van der Waals surface area contributed by atoms with Gasteiger partial charge in [0.15, 0.2) is 0 Å². The van der Waals surface area contributed by atoms with Crippen molar-refractivity contribution in [2.45, 2.75) is 192 Å². The number of nitrogens with one attached hydrogen (secondary N) is 1. The molecule has 4 atom stereocenters. The van der Waals surface area contributed by atoms with Crippen molar-refractivity contribution >= 4 is 5.91 Å². The van der Waals surface area contributed by atoms with Gasteiger partial charge in [-0.05, 0) is 12.8 Å². The average Bonchev–Trinajstić information content (AvgIpc) is 2.95. The van der Waals surface area contributed by atoms with Crippen molar-refractivity contribution in [3.05, 3.63) is 12.2 Å². The van der Waals surface area contributed by atoms with Crippen LogP contribution in [0.1, 0.15) is 168 Å². The van der Waals surface area contributed by atoms with E-state index in [9.17, 15) is 25.2 Å². The van der Waals surface area contributed by atoms with E-state index < -0.39 is 36.9 Å². The van der Waals surface area contributed by atoms with E-state index in [2.05, 4.69) is 19.2 Å². The lowest BCUT2D eigenvalue weighted by atomic mass is 10.0. The standard InChI is InChI=1S/C34H67NO5/c1-3-5-7-9-11-13-15-16-18-20-22-24-26-33(39)34(40)35-31(29-36)32(38)28-27-30(37)25-23-21-19-17-14-12-10-8-6-4-2/h27-28,30-33,36-39H,3-26,29H2,1-2H3,(H,35,40)/t30-,31+,32-,33-/m1/s1. The first-order chi connectivity index (χ1) is 19.5. The molecule has 0 unspecified atom stereocenters. The molecule has 238 valence electrons. The van der Waals surface area contributed by atoms with Gasteiger partial charge in [-0.15, -0.1) is 0 Å². The molecule has 6 heteroatoms. The fourth-order valence-corrected chi connectivity index (χ4v) is 5.14. The summed E-state index contributed by atoms with van der Waals surface area (Å²) in [5, 5.41) is 43.0. The van der Waals surface area contributed by atoms with Gasteiger partial charge in [-0.3, -0.25) is 4.79 Å². The van der Waals surface area contributed by atoms with Crippen molar-refractivity contribution in [1.29, 1.82) is 0 Å². The van der Waals surface area contributed by atoms with Gasteiger partial charge in [0.05, 0.1) is 24.9 Å². The molecule has 0 rings (SSSR count). The number of carbonyl (C=O) groups is 1. The van der Waals surface area contributed by atoms with Crippen molar-refractivity contribution in [2.75, 3.05) is 6.61 Å². The van der Waals surface area contributed by atoms with Crippen molar-refractivity contribution in [3.8, 4) is 0 Å². The second kappa shape index (κ2) is 29.5. The largest absolute Gasteiger partial charge is 0.394 e. The summed E-state index contributed by atoms with van der Waals surface area (Å²) in [6.07, 6.45) is 28.1. The Kier molecular flexibility index (Phi) is 28.8. The number of unbranched alkanes of at least 4 members (excludes halogenated alkanes) is 20. The molecule has 0 aliphatic carbocycles. The zero-order valence-electron chi connectivity index (χ0n) is 26.3. The van der Waals surface area contributed by atoms with E-state index in [1.807, 2.05) is 0 Å². The second-order valence-electron chi connectivity index (χ2n) is 11.9. The minimum absolute atomic E-state index is 0.380. The number of aliphatic hydroxyl groups excluding tert-OH is 4. The lowest BCUT2D eigenvalue weighted by Crippen LogP contribution is -2.48. The fraction of sp³-hybridized carbons (Fsp3) is 0.912. The van der Waals surface area contributed by atoms with Crippen molar-refractivity contribution in [3.63, 3.8) is 0 Å². The number of hydrogen-bond donors (Lipinski definition) is 5. The molecule has 0 radical (unpaired) electrons. The Bertz CT molecular complexity index is 571. The van der Waals surface area contributed by atoms with Crippen LogP contribution < -0.4 is 5.32 Å². The Balaban J connectivity index is 3.91. The van der Waals surface area contributed by atoms with Crippen molar-refractivity contribution in [2.24, 2.45) is 0 Å². The van der Waals surface area contributed by atoms with E-state index in [0.717, 1.165) is 32.1 Å². The van der Waals surface area contributed by atoms with Crippen LogP contribution in [0, 0.1) is 0 Å². The molecule has 0 aromatic rings. The lowest BCUT2D eigenvalue weighted by molar-refractivity contribution is -0.131. The summed E-state index contributed by atoms with van der Waals surface area (Å²) in [6.45, 7) is 4.03. The topological polar surface area (TPSA) is 110 Å². The zero-order chi connectivity index (χ0) is 29.7. The van der Waals surface area contributed by atoms with E-state index >= 15 is 0 Å². The van der Waals surface area contributed by atoms with Crippen LogP contribution in [0.2, 0.25) is 0 Å². The lowest BCUT2D eigenvalue weighted by Gasteiger charge is -2.22. The predicted octanol–water partition coefficient (Wildman–Crippen LogP) is 7.50. The molecule has 1 amide bonds. The van der Waals surface area contributed by atoms with Crippen LogP contribution >= 0.6 is 0 Å². The molecule has 0 heterocycles. The second-order valence-corrected chi connectivity index (χ2v) is 11.9. The molecule has 0 aromatic heterocycles. The molecule has 0 saturated heterocycles. The van der Waals surface area contributed by atoms with E-state index in [4.69, 9.17) is 0 Å². The molecule has 0 aliphatic rings. The first kappa shape index (κ1) is 39.0. The molecular formula is C34H67NO5. The molecule has 0 fully saturated rings. The van der Waals surface area contributed by atoms with E-state index in [1.54, 1.807) is 0 Å². The highest BCUT2D eigenvalue weighted by Gasteiger charge is 2.22. The van der Waals surface area contributed by atoms with Gasteiger partial charge in [-0.25, -0.2) is 0 Å². The van der Waals surface area contributed by atoms with Gasteiger partial charge >= 0.3 is 0 Å². The summed E-state index contributed by atoms with van der Waals surface area (Å²) in [7, 11) is 0. The number of hydrogen-bond acceptors (Lipinski definition) is 5. The number of amides is 1. The van der Waals surface area contributed by atoms with Crippen LogP contribution in [0.3, 0.4) is 0 Å². The summed E-state index contributed by atoms with van der Waals surface area (Å²) in [6, 6.07) is -0.912. The van der Waals surface area contributed by atoms with E-state index in [-0.39, 0.29) is 0 Å². The van der Waals surface area contributed by atoms with Gasteiger partial charge in [0.25, 0.3) is 0 Å². The summed E-state index contributed by atoms with van der Waals surface area (Å²) in [5.41, 5.74) is 0. The van der Waals surface area contributed by atoms with Gasteiger partial charge in [-0.1, -0.05) is 167 Å². The Morgan fingerprint density at radius 1 is 0.575 bits per heavy atom. The highest BCUT2D eigenvalue weighted by Crippen LogP contribution is 2.14. The van der Waals surface area contributed by atoms with Crippen LogP contribution in [-0.4, -0.2) is 57.3 Å².